The molecule has 0 saturated heterocycles. The van der Waals surface area contributed by atoms with E-state index in [-0.39, 0.29) is 19.0 Å². The number of halogens is 3. The Bertz CT molecular complexity index is 530. The number of alkyl halides is 3. The van der Waals surface area contributed by atoms with Crippen molar-refractivity contribution in [2.75, 3.05) is 6.54 Å². The fourth-order valence-electron chi connectivity index (χ4n) is 1.95. The molecule has 128 valence electrons. The summed E-state index contributed by atoms with van der Waals surface area (Å²) < 4.78 is 37.3. The summed E-state index contributed by atoms with van der Waals surface area (Å²) in [7, 11) is 0. The van der Waals surface area contributed by atoms with E-state index in [1.54, 1.807) is 6.92 Å². The predicted octanol–water partition coefficient (Wildman–Crippen LogP) is 2.80. The van der Waals surface area contributed by atoms with Crippen LogP contribution in [-0.2, 0) is 17.4 Å². The summed E-state index contributed by atoms with van der Waals surface area (Å²) >= 11 is 0. The van der Waals surface area contributed by atoms with Crippen LogP contribution in [0.3, 0.4) is 0 Å². The molecular formula is C15H19F3N2O3. The molecule has 8 heteroatoms. The van der Waals surface area contributed by atoms with Crippen molar-refractivity contribution in [1.29, 1.82) is 0 Å². The van der Waals surface area contributed by atoms with Gasteiger partial charge in [-0.05, 0) is 37.5 Å². The minimum Gasteiger partial charge on any atom is -0.481 e. The Balaban J connectivity index is 2.37. The Morgan fingerprint density at radius 3 is 2.35 bits per heavy atom. The van der Waals surface area contributed by atoms with Crippen LogP contribution in [0.5, 0.6) is 0 Å². The van der Waals surface area contributed by atoms with Crippen LogP contribution >= 0.6 is 0 Å². The molecule has 0 radical (unpaired) electrons. The fourth-order valence-corrected chi connectivity index (χ4v) is 1.95. The van der Waals surface area contributed by atoms with Crippen LogP contribution in [0.2, 0.25) is 0 Å². The Morgan fingerprint density at radius 1 is 1.22 bits per heavy atom. The summed E-state index contributed by atoms with van der Waals surface area (Å²) in [6.45, 7) is 1.97. The van der Waals surface area contributed by atoms with E-state index in [9.17, 15) is 22.8 Å². The zero-order chi connectivity index (χ0) is 17.5. The quantitative estimate of drug-likeness (QED) is 0.672. The highest BCUT2D eigenvalue weighted by atomic mass is 19.4. The summed E-state index contributed by atoms with van der Waals surface area (Å²) in [4.78, 5) is 21.9. The first-order valence-corrected chi connectivity index (χ1v) is 7.11. The van der Waals surface area contributed by atoms with Crippen molar-refractivity contribution < 1.29 is 27.9 Å². The number of carbonyl (C=O) groups is 2. The molecule has 1 aromatic rings. The molecule has 0 fully saturated rings. The Labute approximate surface area is 131 Å². The van der Waals surface area contributed by atoms with Gasteiger partial charge in [0.25, 0.3) is 0 Å². The van der Waals surface area contributed by atoms with Gasteiger partial charge < -0.3 is 15.7 Å². The predicted molar refractivity (Wildman–Crippen MR) is 78.0 cm³/mol. The van der Waals surface area contributed by atoms with Crippen molar-refractivity contribution in [3.63, 3.8) is 0 Å². The van der Waals surface area contributed by atoms with Crippen molar-refractivity contribution in [3.8, 4) is 0 Å². The second-order valence-electron chi connectivity index (χ2n) is 5.20. The minimum atomic E-state index is -4.36. The van der Waals surface area contributed by atoms with Crippen molar-refractivity contribution in [3.05, 3.63) is 35.4 Å². The Hall–Kier alpha value is -2.25. The van der Waals surface area contributed by atoms with Crippen LogP contribution in [0.15, 0.2) is 24.3 Å². The molecule has 2 amide bonds. The van der Waals surface area contributed by atoms with Crippen molar-refractivity contribution >= 4 is 12.0 Å². The summed E-state index contributed by atoms with van der Waals surface area (Å²) in [6.07, 6.45) is -3.67. The maximum atomic E-state index is 12.4. The summed E-state index contributed by atoms with van der Waals surface area (Å²) in [6, 6.07) is 4.07. The van der Waals surface area contributed by atoms with Crippen LogP contribution in [0, 0.1) is 0 Å². The molecule has 0 aliphatic carbocycles. The largest absolute Gasteiger partial charge is 0.481 e. The van der Waals surface area contributed by atoms with Gasteiger partial charge in [0, 0.05) is 19.0 Å². The fraction of sp³-hybridized carbons (Fsp3) is 0.467. The second-order valence-corrected chi connectivity index (χ2v) is 5.20. The smallest absolute Gasteiger partial charge is 0.416 e. The first-order chi connectivity index (χ1) is 10.7. The Morgan fingerprint density at radius 2 is 1.83 bits per heavy atom. The van der Waals surface area contributed by atoms with E-state index < -0.39 is 23.7 Å². The van der Waals surface area contributed by atoms with Gasteiger partial charge in [0.15, 0.2) is 0 Å². The average Bonchev–Trinajstić information content (AvgIpc) is 2.43. The molecule has 1 unspecified atom stereocenters. The van der Waals surface area contributed by atoms with Crippen molar-refractivity contribution in [2.24, 2.45) is 0 Å². The van der Waals surface area contributed by atoms with E-state index in [4.69, 9.17) is 5.11 Å². The molecular weight excluding hydrogens is 313 g/mol. The minimum absolute atomic E-state index is 0.0264. The van der Waals surface area contributed by atoms with Gasteiger partial charge in [-0.1, -0.05) is 12.1 Å². The van der Waals surface area contributed by atoms with Gasteiger partial charge >= 0.3 is 18.2 Å². The molecule has 0 aromatic heterocycles. The highest BCUT2D eigenvalue weighted by Gasteiger charge is 2.29. The lowest BCUT2D eigenvalue weighted by atomic mass is 10.1. The number of urea groups is 1. The van der Waals surface area contributed by atoms with E-state index in [2.05, 4.69) is 10.6 Å². The molecule has 0 spiro atoms. The molecule has 0 bridgehead atoms. The highest BCUT2D eigenvalue weighted by molar-refractivity contribution is 5.74. The van der Waals surface area contributed by atoms with Crippen molar-refractivity contribution in [2.45, 2.75) is 38.4 Å². The lowest BCUT2D eigenvalue weighted by Gasteiger charge is -2.15. The van der Waals surface area contributed by atoms with Gasteiger partial charge in [-0.2, -0.15) is 13.2 Å². The number of hydrogen-bond donors (Lipinski definition) is 3. The number of carboxylic acids is 1. The van der Waals surface area contributed by atoms with Gasteiger partial charge in [-0.3, -0.25) is 4.79 Å². The maximum absolute atomic E-state index is 12.4. The van der Waals surface area contributed by atoms with E-state index in [1.807, 2.05) is 0 Å². The van der Waals surface area contributed by atoms with Crippen LogP contribution in [-0.4, -0.2) is 29.7 Å². The number of rotatable bonds is 7. The molecule has 3 N–H and O–H groups in total. The van der Waals surface area contributed by atoms with Crippen LogP contribution < -0.4 is 10.6 Å². The van der Waals surface area contributed by atoms with Gasteiger partial charge in [-0.25, -0.2) is 4.79 Å². The Kier molecular flexibility index (Phi) is 6.87. The summed E-state index contributed by atoms with van der Waals surface area (Å²) in [5, 5.41) is 13.6. The van der Waals surface area contributed by atoms with Gasteiger partial charge in [-0.15, -0.1) is 0 Å². The van der Waals surface area contributed by atoms with Crippen LogP contribution in [0.4, 0.5) is 18.0 Å². The van der Waals surface area contributed by atoms with Gasteiger partial charge in [0.2, 0.25) is 0 Å². The third-order valence-electron chi connectivity index (χ3n) is 3.05. The molecule has 1 aromatic carbocycles. The maximum Gasteiger partial charge on any atom is 0.416 e. The summed E-state index contributed by atoms with van der Waals surface area (Å²) in [5.41, 5.74) is -0.0327. The van der Waals surface area contributed by atoms with Gasteiger partial charge in [0.1, 0.15) is 0 Å². The van der Waals surface area contributed by atoms with Gasteiger partial charge in [0.05, 0.1) is 5.56 Å². The summed E-state index contributed by atoms with van der Waals surface area (Å²) in [5.74, 6) is -0.928. The lowest BCUT2D eigenvalue weighted by Crippen LogP contribution is -2.42. The first kappa shape index (κ1) is 18.8. The topological polar surface area (TPSA) is 78.4 Å². The number of carbonyl (C=O) groups excluding carboxylic acids is 1. The third-order valence-corrected chi connectivity index (χ3v) is 3.05. The molecule has 23 heavy (non-hydrogen) atoms. The number of aliphatic carboxylic acids is 1. The SMILES string of the molecule is CC(Cc1ccc(C(F)(F)F)cc1)NC(=O)NCCCC(=O)O. The normalized spacial score (nSPS) is 12.5. The molecule has 1 atom stereocenters. The standard InChI is InChI=1S/C15H19F3N2O3/c1-10(20-14(23)19-8-2-3-13(21)22)9-11-4-6-12(7-5-11)15(16,17)18/h4-7,10H,2-3,8-9H2,1H3,(H,21,22)(H2,19,20,23). The third kappa shape index (κ3) is 7.53. The number of hydrogen-bond acceptors (Lipinski definition) is 2. The monoisotopic (exact) mass is 332 g/mol. The van der Waals surface area contributed by atoms with E-state index in [0.29, 0.717) is 18.4 Å². The number of amides is 2. The first-order valence-electron chi connectivity index (χ1n) is 7.11. The number of benzene rings is 1. The molecule has 0 heterocycles. The molecule has 0 saturated carbocycles. The number of nitrogens with one attached hydrogen (secondary N) is 2. The second kappa shape index (κ2) is 8.40. The number of carboxylic acid groups (broad SMARTS) is 1. The molecule has 0 aliphatic heterocycles. The lowest BCUT2D eigenvalue weighted by molar-refractivity contribution is -0.138. The van der Waals surface area contributed by atoms with Crippen molar-refractivity contribution in [1.82, 2.24) is 10.6 Å². The van der Waals surface area contributed by atoms with E-state index in [0.717, 1.165) is 12.1 Å². The average molecular weight is 332 g/mol. The molecule has 1 rings (SSSR count). The molecule has 0 aliphatic rings. The zero-order valence-corrected chi connectivity index (χ0v) is 12.6. The van der Waals surface area contributed by atoms with Crippen LogP contribution in [0.1, 0.15) is 30.9 Å². The highest BCUT2D eigenvalue weighted by Crippen LogP contribution is 2.29. The van der Waals surface area contributed by atoms with E-state index >= 15 is 0 Å². The molecule has 5 nitrogen and oxygen atoms in total. The van der Waals surface area contributed by atoms with Crippen LogP contribution in [0.25, 0.3) is 0 Å². The zero-order valence-electron chi connectivity index (χ0n) is 12.6. The van der Waals surface area contributed by atoms with E-state index in [1.165, 1.54) is 12.1 Å².